The predicted molar refractivity (Wildman–Crippen MR) is 60.5 cm³/mol. The number of hydrogen-bond acceptors (Lipinski definition) is 4. The second kappa shape index (κ2) is 4.99. The zero-order valence-electron chi connectivity index (χ0n) is 8.40. The Labute approximate surface area is 89.2 Å². The zero-order valence-corrected chi connectivity index (χ0v) is 9.21. The minimum atomic E-state index is -3.28. The lowest BCUT2D eigenvalue weighted by Crippen LogP contribution is -2.13. The van der Waals surface area contributed by atoms with E-state index in [9.17, 15) is 8.42 Å². The summed E-state index contributed by atoms with van der Waals surface area (Å²) in [6.07, 6.45) is 1.09. The van der Waals surface area contributed by atoms with Gasteiger partial charge in [0, 0.05) is 6.54 Å². The fourth-order valence-corrected chi connectivity index (χ4v) is 1.69. The minimum Gasteiger partial charge on any atom is -0.395 e. The maximum absolute atomic E-state index is 11.0. The van der Waals surface area contributed by atoms with Crippen LogP contribution in [0.25, 0.3) is 0 Å². The highest BCUT2D eigenvalue weighted by Gasteiger charge is 2.05. The first-order valence-electron chi connectivity index (χ1n) is 4.44. The molecule has 1 aromatic carbocycles. The molecule has 0 atom stereocenters. The first-order valence-corrected chi connectivity index (χ1v) is 6.33. The number of para-hydroxylation sites is 2. The Morgan fingerprint density at radius 2 is 1.87 bits per heavy atom. The molecule has 6 heteroatoms. The maximum Gasteiger partial charge on any atom is 0.229 e. The average Bonchev–Trinajstić information content (AvgIpc) is 2.14. The van der Waals surface area contributed by atoms with E-state index in [4.69, 9.17) is 5.11 Å². The molecule has 0 fully saturated rings. The second-order valence-electron chi connectivity index (χ2n) is 3.07. The van der Waals surface area contributed by atoms with Crippen molar-refractivity contribution in [2.45, 2.75) is 0 Å². The van der Waals surface area contributed by atoms with Crippen LogP contribution in [0.3, 0.4) is 0 Å². The highest BCUT2D eigenvalue weighted by molar-refractivity contribution is 7.92. The molecule has 0 saturated carbocycles. The van der Waals surface area contributed by atoms with Crippen LogP contribution in [0.2, 0.25) is 0 Å². The van der Waals surface area contributed by atoms with Crippen LogP contribution in [0.5, 0.6) is 0 Å². The molecule has 0 aliphatic carbocycles. The van der Waals surface area contributed by atoms with Gasteiger partial charge in [-0.1, -0.05) is 12.1 Å². The molecule has 0 saturated heterocycles. The van der Waals surface area contributed by atoms with Gasteiger partial charge >= 0.3 is 0 Å². The smallest absolute Gasteiger partial charge is 0.229 e. The van der Waals surface area contributed by atoms with Gasteiger partial charge in [-0.15, -0.1) is 0 Å². The number of anilines is 2. The number of aliphatic hydroxyl groups is 1. The van der Waals surface area contributed by atoms with Crippen LogP contribution in [-0.2, 0) is 10.0 Å². The third kappa shape index (κ3) is 4.18. The Balaban J connectivity index is 2.86. The fraction of sp³-hybridized carbons (Fsp3) is 0.333. The predicted octanol–water partition coefficient (Wildman–Crippen LogP) is 0.462. The van der Waals surface area contributed by atoms with Crippen molar-refractivity contribution in [1.29, 1.82) is 0 Å². The number of benzene rings is 1. The Kier molecular flexibility index (Phi) is 3.93. The Bertz CT molecular complexity index is 417. The number of hydrogen-bond donors (Lipinski definition) is 3. The largest absolute Gasteiger partial charge is 0.395 e. The van der Waals surface area contributed by atoms with Gasteiger partial charge in [0.1, 0.15) is 0 Å². The molecule has 15 heavy (non-hydrogen) atoms. The van der Waals surface area contributed by atoms with E-state index in [0.717, 1.165) is 6.26 Å². The highest BCUT2D eigenvalue weighted by Crippen LogP contribution is 2.21. The summed E-state index contributed by atoms with van der Waals surface area (Å²) < 4.78 is 24.5. The topological polar surface area (TPSA) is 78.4 Å². The van der Waals surface area contributed by atoms with Crippen LogP contribution in [0.1, 0.15) is 0 Å². The van der Waals surface area contributed by atoms with Crippen LogP contribution in [0.4, 0.5) is 11.4 Å². The number of sulfonamides is 1. The summed E-state index contributed by atoms with van der Waals surface area (Å²) >= 11 is 0. The summed E-state index contributed by atoms with van der Waals surface area (Å²) in [5, 5.41) is 11.6. The van der Waals surface area contributed by atoms with Gasteiger partial charge in [0.15, 0.2) is 0 Å². The Morgan fingerprint density at radius 3 is 2.40 bits per heavy atom. The van der Waals surface area contributed by atoms with Crippen molar-refractivity contribution in [3.05, 3.63) is 24.3 Å². The van der Waals surface area contributed by atoms with Gasteiger partial charge in [-0.25, -0.2) is 8.42 Å². The lowest BCUT2D eigenvalue weighted by molar-refractivity contribution is 0.311. The van der Waals surface area contributed by atoms with Gasteiger partial charge in [-0.3, -0.25) is 4.72 Å². The maximum atomic E-state index is 11.0. The van der Waals surface area contributed by atoms with Crippen LogP contribution < -0.4 is 10.0 Å². The Morgan fingerprint density at radius 1 is 1.27 bits per heavy atom. The van der Waals surface area contributed by atoms with E-state index in [2.05, 4.69) is 10.0 Å². The van der Waals surface area contributed by atoms with Crippen LogP contribution >= 0.6 is 0 Å². The molecular formula is C9H14N2O3S. The van der Waals surface area contributed by atoms with Crippen molar-refractivity contribution in [2.75, 3.05) is 29.4 Å². The summed E-state index contributed by atoms with van der Waals surface area (Å²) in [4.78, 5) is 0. The van der Waals surface area contributed by atoms with Crippen molar-refractivity contribution in [1.82, 2.24) is 0 Å². The molecule has 0 unspecified atom stereocenters. The molecule has 1 aromatic rings. The van der Waals surface area contributed by atoms with Crippen molar-refractivity contribution < 1.29 is 13.5 Å². The molecule has 3 N–H and O–H groups in total. The number of rotatable bonds is 5. The molecule has 0 amide bonds. The van der Waals surface area contributed by atoms with Gasteiger partial charge in [0.05, 0.1) is 24.2 Å². The molecule has 0 heterocycles. The Hall–Kier alpha value is -1.27. The van der Waals surface area contributed by atoms with Crippen molar-refractivity contribution in [3.8, 4) is 0 Å². The molecule has 1 rings (SSSR count). The van der Waals surface area contributed by atoms with Crippen molar-refractivity contribution >= 4 is 21.4 Å². The first-order chi connectivity index (χ1) is 7.03. The molecule has 0 spiro atoms. The van der Waals surface area contributed by atoms with E-state index < -0.39 is 10.0 Å². The average molecular weight is 230 g/mol. The van der Waals surface area contributed by atoms with E-state index in [0.29, 0.717) is 17.9 Å². The van der Waals surface area contributed by atoms with Gasteiger partial charge in [-0.2, -0.15) is 0 Å². The van der Waals surface area contributed by atoms with Gasteiger partial charge in [0.25, 0.3) is 0 Å². The molecule has 0 aliphatic heterocycles. The summed E-state index contributed by atoms with van der Waals surface area (Å²) in [6, 6.07) is 6.91. The van der Waals surface area contributed by atoms with Crippen LogP contribution in [-0.4, -0.2) is 32.9 Å². The standard InChI is InChI=1S/C9H14N2O3S/c1-15(13,14)11-9-5-3-2-4-8(9)10-6-7-12/h2-5,10-12H,6-7H2,1H3. The van der Waals surface area contributed by atoms with E-state index in [-0.39, 0.29) is 6.61 Å². The van der Waals surface area contributed by atoms with E-state index in [1.807, 2.05) is 0 Å². The third-order valence-electron chi connectivity index (χ3n) is 1.65. The molecule has 0 aliphatic rings. The van der Waals surface area contributed by atoms with E-state index in [1.54, 1.807) is 24.3 Å². The van der Waals surface area contributed by atoms with Crippen molar-refractivity contribution in [2.24, 2.45) is 0 Å². The van der Waals surface area contributed by atoms with Crippen LogP contribution in [0, 0.1) is 0 Å². The normalized spacial score (nSPS) is 11.1. The lowest BCUT2D eigenvalue weighted by atomic mass is 10.3. The monoisotopic (exact) mass is 230 g/mol. The fourth-order valence-electron chi connectivity index (χ4n) is 1.12. The molecule has 0 bridgehead atoms. The molecule has 0 aromatic heterocycles. The summed E-state index contributed by atoms with van der Waals surface area (Å²) in [6.45, 7) is 0.371. The van der Waals surface area contributed by atoms with Crippen molar-refractivity contribution in [3.63, 3.8) is 0 Å². The van der Waals surface area contributed by atoms with E-state index >= 15 is 0 Å². The minimum absolute atomic E-state index is 0.00674. The summed E-state index contributed by atoms with van der Waals surface area (Å²) in [7, 11) is -3.28. The summed E-state index contributed by atoms with van der Waals surface area (Å²) in [5.41, 5.74) is 1.13. The second-order valence-corrected chi connectivity index (χ2v) is 4.82. The number of aliphatic hydroxyl groups excluding tert-OH is 1. The SMILES string of the molecule is CS(=O)(=O)Nc1ccccc1NCCO. The number of nitrogens with one attached hydrogen (secondary N) is 2. The molecular weight excluding hydrogens is 216 g/mol. The van der Waals surface area contributed by atoms with Crippen LogP contribution in [0.15, 0.2) is 24.3 Å². The summed E-state index contributed by atoms with van der Waals surface area (Å²) in [5.74, 6) is 0. The van der Waals surface area contributed by atoms with Gasteiger partial charge < -0.3 is 10.4 Å². The molecule has 5 nitrogen and oxygen atoms in total. The highest BCUT2D eigenvalue weighted by atomic mass is 32.2. The quantitative estimate of drug-likeness (QED) is 0.686. The van der Waals surface area contributed by atoms with E-state index in [1.165, 1.54) is 0 Å². The third-order valence-corrected chi connectivity index (χ3v) is 2.24. The first kappa shape index (κ1) is 11.8. The lowest BCUT2D eigenvalue weighted by Gasteiger charge is -2.11. The van der Waals surface area contributed by atoms with Gasteiger partial charge in [0.2, 0.25) is 10.0 Å². The zero-order chi connectivity index (χ0) is 11.3. The van der Waals surface area contributed by atoms with Gasteiger partial charge in [-0.05, 0) is 12.1 Å². The molecule has 84 valence electrons. The molecule has 0 radical (unpaired) electrons.